The van der Waals surface area contributed by atoms with Gasteiger partial charge in [-0.1, -0.05) is 6.92 Å². The largest absolute Gasteiger partial charge is 0.394 e. The first-order valence-electron chi connectivity index (χ1n) is 5.99. The van der Waals surface area contributed by atoms with Gasteiger partial charge >= 0.3 is 0 Å². The normalized spacial score (nSPS) is 24.4. The molecule has 0 bridgehead atoms. The maximum Gasteiger partial charge on any atom is 0.257 e. The number of likely N-dealkylation sites (tertiary alicyclic amines) is 1. The fourth-order valence-electron chi connectivity index (χ4n) is 2.55. The number of H-pyrrole nitrogens is 1. The van der Waals surface area contributed by atoms with Crippen LogP contribution in [0.3, 0.4) is 0 Å². The minimum atomic E-state index is -0.0591. The molecule has 2 N–H and O–H groups in total. The molecule has 0 saturated carbocycles. The first kappa shape index (κ1) is 12.1. The Bertz CT molecular complexity index is 408. The van der Waals surface area contributed by atoms with Gasteiger partial charge in [0.2, 0.25) is 0 Å². The van der Waals surface area contributed by atoms with Crippen molar-refractivity contribution in [2.75, 3.05) is 13.2 Å². The minimum Gasteiger partial charge on any atom is -0.394 e. The van der Waals surface area contributed by atoms with Crippen LogP contribution in [-0.4, -0.2) is 45.3 Å². The summed E-state index contributed by atoms with van der Waals surface area (Å²) in [5, 5.41) is 16.2. The third-order valence-corrected chi connectivity index (χ3v) is 3.67. The van der Waals surface area contributed by atoms with Crippen molar-refractivity contribution in [3.8, 4) is 0 Å². The van der Waals surface area contributed by atoms with E-state index >= 15 is 0 Å². The van der Waals surface area contributed by atoms with E-state index in [1.165, 1.54) is 0 Å². The number of rotatable bonds is 2. The number of aliphatic hydroxyl groups is 1. The van der Waals surface area contributed by atoms with Crippen molar-refractivity contribution in [2.24, 2.45) is 5.92 Å². The third kappa shape index (κ3) is 1.95. The summed E-state index contributed by atoms with van der Waals surface area (Å²) in [7, 11) is 0. The smallest absolute Gasteiger partial charge is 0.257 e. The number of carbonyl (C=O) groups excluding carboxylic acids is 1. The SMILES string of the molecule is Cc1n[nH]c(C)c1C(=O)N1CCC(C)C1CO. The molecule has 2 rings (SSSR count). The van der Waals surface area contributed by atoms with Crippen molar-refractivity contribution in [1.82, 2.24) is 15.1 Å². The second kappa shape index (κ2) is 4.49. The summed E-state index contributed by atoms with van der Waals surface area (Å²) in [5.74, 6) is 0.341. The molecule has 0 spiro atoms. The molecular weight excluding hydrogens is 218 g/mol. The van der Waals surface area contributed by atoms with Crippen LogP contribution < -0.4 is 0 Å². The van der Waals surface area contributed by atoms with Gasteiger partial charge in [0.05, 0.1) is 23.9 Å². The Morgan fingerprint density at radius 2 is 2.29 bits per heavy atom. The molecule has 17 heavy (non-hydrogen) atoms. The second-order valence-electron chi connectivity index (χ2n) is 4.82. The van der Waals surface area contributed by atoms with Crippen molar-refractivity contribution in [1.29, 1.82) is 0 Å². The summed E-state index contributed by atoms with van der Waals surface area (Å²) in [4.78, 5) is 14.2. The van der Waals surface area contributed by atoms with Gasteiger partial charge in [-0.2, -0.15) is 5.10 Å². The lowest BCUT2D eigenvalue weighted by Gasteiger charge is -2.25. The Labute approximate surface area is 101 Å². The van der Waals surface area contributed by atoms with Gasteiger partial charge in [-0.25, -0.2) is 0 Å². The Hall–Kier alpha value is -1.36. The van der Waals surface area contributed by atoms with E-state index in [4.69, 9.17) is 0 Å². The number of nitrogens with one attached hydrogen (secondary N) is 1. The van der Waals surface area contributed by atoms with Crippen LogP contribution in [0.1, 0.15) is 35.1 Å². The number of carbonyl (C=O) groups is 1. The van der Waals surface area contributed by atoms with E-state index in [0.717, 1.165) is 24.4 Å². The molecule has 94 valence electrons. The van der Waals surface area contributed by atoms with E-state index in [2.05, 4.69) is 17.1 Å². The maximum atomic E-state index is 12.4. The highest BCUT2D eigenvalue weighted by Gasteiger charge is 2.35. The summed E-state index contributed by atoms with van der Waals surface area (Å²) in [5.41, 5.74) is 2.17. The Balaban J connectivity index is 2.27. The van der Waals surface area contributed by atoms with Gasteiger partial charge < -0.3 is 10.0 Å². The molecule has 2 heterocycles. The van der Waals surface area contributed by atoms with Crippen molar-refractivity contribution in [3.63, 3.8) is 0 Å². The van der Waals surface area contributed by atoms with E-state index in [1.54, 1.807) is 4.90 Å². The zero-order chi connectivity index (χ0) is 12.6. The van der Waals surface area contributed by atoms with Gasteiger partial charge in [-0.15, -0.1) is 0 Å². The molecule has 0 aliphatic carbocycles. The quantitative estimate of drug-likeness (QED) is 0.802. The summed E-state index contributed by atoms with van der Waals surface area (Å²) < 4.78 is 0. The second-order valence-corrected chi connectivity index (χ2v) is 4.82. The average molecular weight is 237 g/mol. The number of aromatic nitrogens is 2. The van der Waals surface area contributed by atoms with Crippen LogP contribution in [0, 0.1) is 19.8 Å². The standard InChI is InChI=1S/C12H19N3O2/c1-7-4-5-15(10(7)6-16)12(17)11-8(2)13-14-9(11)3/h7,10,16H,4-6H2,1-3H3,(H,13,14). The first-order valence-corrected chi connectivity index (χ1v) is 5.99. The zero-order valence-electron chi connectivity index (χ0n) is 10.5. The van der Waals surface area contributed by atoms with Gasteiger partial charge in [-0.3, -0.25) is 9.89 Å². The van der Waals surface area contributed by atoms with E-state index in [-0.39, 0.29) is 18.6 Å². The van der Waals surface area contributed by atoms with Gasteiger partial charge in [0.1, 0.15) is 0 Å². The van der Waals surface area contributed by atoms with Crippen molar-refractivity contribution in [3.05, 3.63) is 17.0 Å². The molecule has 2 atom stereocenters. The van der Waals surface area contributed by atoms with Gasteiger partial charge in [0.15, 0.2) is 0 Å². The summed E-state index contributed by atoms with van der Waals surface area (Å²) in [6.07, 6.45) is 0.951. The zero-order valence-corrected chi connectivity index (χ0v) is 10.5. The highest BCUT2D eigenvalue weighted by molar-refractivity contribution is 5.96. The van der Waals surface area contributed by atoms with Crippen LogP contribution in [0.15, 0.2) is 0 Å². The topological polar surface area (TPSA) is 69.2 Å². The molecule has 1 aliphatic heterocycles. The molecule has 0 aromatic carbocycles. The number of aliphatic hydroxyl groups excluding tert-OH is 1. The highest BCUT2D eigenvalue weighted by Crippen LogP contribution is 2.26. The maximum absolute atomic E-state index is 12.4. The molecule has 2 unspecified atom stereocenters. The van der Waals surface area contributed by atoms with Crippen LogP contribution in [0.5, 0.6) is 0 Å². The van der Waals surface area contributed by atoms with Crippen LogP contribution in [0.2, 0.25) is 0 Å². The minimum absolute atomic E-state index is 0.0165. The number of aromatic amines is 1. The van der Waals surface area contributed by atoms with Crippen LogP contribution in [0.25, 0.3) is 0 Å². The number of amides is 1. The molecule has 5 heteroatoms. The first-order chi connectivity index (χ1) is 8.06. The molecule has 1 fully saturated rings. The molecule has 1 amide bonds. The molecule has 0 radical (unpaired) electrons. The lowest BCUT2D eigenvalue weighted by atomic mass is 10.0. The fraction of sp³-hybridized carbons (Fsp3) is 0.667. The fourth-order valence-corrected chi connectivity index (χ4v) is 2.55. The molecule has 1 aliphatic rings. The Morgan fingerprint density at radius 1 is 1.59 bits per heavy atom. The molecule has 1 saturated heterocycles. The summed E-state index contributed by atoms with van der Waals surface area (Å²) >= 11 is 0. The number of nitrogens with zero attached hydrogens (tertiary/aromatic N) is 2. The van der Waals surface area contributed by atoms with Gasteiger partial charge in [-0.05, 0) is 26.2 Å². The van der Waals surface area contributed by atoms with Gasteiger partial charge in [0.25, 0.3) is 5.91 Å². The predicted molar refractivity (Wildman–Crippen MR) is 63.8 cm³/mol. The van der Waals surface area contributed by atoms with Gasteiger partial charge in [0, 0.05) is 12.2 Å². The average Bonchev–Trinajstić information content (AvgIpc) is 2.82. The number of aryl methyl sites for hydroxylation is 2. The lowest BCUT2D eigenvalue weighted by Crippen LogP contribution is -2.40. The monoisotopic (exact) mass is 237 g/mol. The van der Waals surface area contributed by atoms with Crippen LogP contribution >= 0.6 is 0 Å². The molecule has 5 nitrogen and oxygen atoms in total. The van der Waals surface area contributed by atoms with Crippen molar-refractivity contribution >= 4 is 5.91 Å². The molecule has 1 aromatic heterocycles. The van der Waals surface area contributed by atoms with Crippen LogP contribution in [-0.2, 0) is 0 Å². The Kier molecular flexibility index (Phi) is 3.19. The van der Waals surface area contributed by atoms with Crippen molar-refractivity contribution < 1.29 is 9.90 Å². The lowest BCUT2D eigenvalue weighted by molar-refractivity contribution is 0.0647. The number of hydrogen-bond acceptors (Lipinski definition) is 3. The van der Waals surface area contributed by atoms with E-state index in [0.29, 0.717) is 11.5 Å². The van der Waals surface area contributed by atoms with E-state index in [1.807, 2.05) is 13.8 Å². The highest BCUT2D eigenvalue weighted by atomic mass is 16.3. The third-order valence-electron chi connectivity index (χ3n) is 3.67. The molecule has 1 aromatic rings. The van der Waals surface area contributed by atoms with Crippen LogP contribution in [0.4, 0.5) is 0 Å². The number of hydrogen-bond donors (Lipinski definition) is 2. The summed E-state index contributed by atoms with van der Waals surface area (Å²) in [6.45, 7) is 6.49. The predicted octanol–water partition coefficient (Wildman–Crippen LogP) is 0.869. The Morgan fingerprint density at radius 3 is 2.82 bits per heavy atom. The van der Waals surface area contributed by atoms with E-state index in [9.17, 15) is 9.90 Å². The van der Waals surface area contributed by atoms with E-state index < -0.39 is 0 Å². The summed E-state index contributed by atoms with van der Waals surface area (Å²) in [6, 6.07) is -0.0591. The van der Waals surface area contributed by atoms with Crippen molar-refractivity contribution in [2.45, 2.75) is 33.2 Å². The molecular formula is C12H19N3O2.